The molecular weight excluding hydrogens is 424 g/mol. The van der Waals surface area contributed by atoms with Crippen LogP contribution in [0.3, 0.4) is 0 Å². The summed E-state index contributed by atoms with van der Waals surface area (Å²) in [6.07, 6.45) is 3.66. The summed E-state index contributed by atoms with van der Waals surface area (Å²) >= 11 is 7.86. The largest absolute Gasteiger partial charge is 0.504 e. The van der Waals surface area contributed by atoms with Gasteiger partial charge in [0, 0.05) is 28.0 Å². The number of carbonyl (C=O) groups is 1. The molecule has 2 nitrogen and oxygen atoms in total. The summed E-state index contributed by atoms with van der Waals surface area (Å²) in [7, 11) is 1.67. The predicted octanol–water partition coefficient (Wildman–Crippen LogP) is 7.73. The Bertz CT molecular complexity index is 1050. The van der Waals surface area contributed by atoms with E-state index in [4.69, 9.17) is 16.3 Å². The molecule has 2 atom stereocenters. The summed E-state index contributed by atoms with van der Waals surface area (Å²) in [4.78, 5) is 14.0. The molecule has 3 aromatic rings. The maximum atomic E-state index is 12.8. The van der Waals surface area contributed by atoms with Crippen LogP contribution in [0.15, 0.2) is 83.5 Å². The van der Waals surface area contributed by atoms with E-state index in [0.717, 1.165) is 27.8 Å². The van der Waals surface area contributed by atoms with Crippen molar-refractivity contribution in [1.82, 2.24) is 0 Å². The molecule has 4 heteroatoms. The van der Waals surface area contributed by atoms with E-state index in [1.807, 2.05) is 36.4 Å². The van der Waals surface area contributed by atoms with E-state index in [0.29, 0.717) is 18.6 Å². The average molecular weight is 453 g/mol. The third kappa shape index (κ3) is 6.88. The van der Waals surface area contributed by atoms with Crippen LogP contribution in [0.25, 0.3) is 10.8 Å². The number of halogens is 1. The normalized spacial score (nSPS) is 13.7. The Morgan fingerprint density at radius 1 is 1.06 bits per heavy atom. The first-order valence-corrected chi connectivity index (χ1v) is 11.8. The first-order valence-electron chi connectivity index (χ1n) is 10.6. The SMILES string of the molecule is COC=C(C)C(Sc1ccccc1)C(C)CC(=O)CCc1ccc2cc(Cl)ccc2c1. The molecule has 3 rings (SSSR count). The van der Waals surface area contributed by atoms with Crippen LogP contribution in [-0.4, -0.2) is 18.1 Å². The molecule has 0 amide bonds. The number of carbonyl (C=O) groups excluding carboxylic acids is 1. The Labute approximate surface area is 194 Å². The summed E-state index contributed by atoms with van der Waals surface area (Å²) < 4.78 is 5.26. The highest BCUT2D eigenvalue weighted by Crippen LogP contribution is 2.34. The van der Waals surface area contributed by atoms with E-state index in [1.54, 1.807) is 25.1 Å². The van der Waals surface area contributed by atoms with Gasteiger partial charge in [-0.15, -0.1) is 11.8 Å². The van der Waals surface area contributed by atoms with Gasteiger partial charge in [0.15, 0.2) is 0 Å². The molecule has 2 unspecified atom stereocenters. The Kier molecular flexibility index (Phi) is 8.62. The molecule has 0 aliphatic heterocycles. The quantitative estimate of drug-likeness (QED) is 0.232. The van der Waals surface area contributed by atoms with Crippen molar-refractivity contribution < 1.29 is 9.53 Å². The monoisotopic (exact) mass is 452 g/mol. The molecule has 0 saturated carbocycles. The molecule has 0 saturated heterocycles. The van der Waals surface area contributed by atoms with E-state index < -0.39 is 0 Å². The Hall–Kier alpha value is -2.23. The molecule has 0 aromatic heterocycles. The lowest BCUT2D eigenvalue weighted by atomic mass is 9.94. The minimum atomic E-state index is 0.191. The highest BCUT2D eigenvalue weighted by atomic mass is 35.5. The van der Waals surface area contributed by atoms with Crippen molar-refractivity contribution in [2.75, 3.05) is 7.11 Å². The van der Waals surface area contributed by atoms with Crippen LogP contribution in [0.1, 0.15) is 32.3 Å². The molecule has 162 valence electrons. The lowest BCUT2D eigenvalue weighted by molar-refractivity contribution is -0.119. The number of aryl methyl sites for hydroxylation is 1. The second-order valence-electron chi connectivity index (χ2n) is 7.99. The van der Waals surface area contributed by atoms with E-state index in [9.17, 15) is 4.79 Å². The molecule has 0 fully saturated rings. The second-order valence-corrected chi connectivity index (χ2v) is 9.65. The lowest BCUT2D eigenvalue weighted by Gasteiger charge is -2.24. The van der Waals surface area contributed by atoms with Crippen molar-refractivity contribution in [3.8, 4) is 0 Å². The summed E-state index contributed by atoms with van der Waals surface area (Å²) in [6, 6.07) is 22.6. The van der Waals surface area contributed by atoms with Gasteiger partial charge in [0.05, 0.1) is 13.4 Å². The fourth-order valence-corrected chi connectivity index (χ4v) is 5.19. The third-order valence-electron chi connectivity index (χ3n) is 5.38. The van der Waals surface area contributed by atoms with Gasteiger partial charge < -0.3 is 4.74 Å². The smallest absolute Gasteiger partial charge is 0.133 e. The number of hydrogen-bond donors (Lipinski definition) is 0. The number of hydrogen-bond acceptors (Lipinski definition) is 3. The van der Waals surface area contributed by atoms with E-state index >= 15 is 0 Å². The van der Waals surface area contributed by atoms with Crippen LogP contribution in [0.2, 0.25) is 5.02 Å². The zero-order valence-corrected chi connectivity index (χ0v) is 19.9. The van der Waals surface area contributed by atoms with Gasteiger partial charge in [0.25, 0.3) is 0 Å². The van der Waals surface area contributed by atoms with Crippen LogP contribution < -0.4 is 0 Å². The number of ketones is 1. The molecule has 0 spiro atoms. The Morgan fingerprint density at radius 3 is 2.52 bits per heavy atom. The summed E-state index contributed by atoms with van der Waals surface area (Å²) in [5, 5.41) is 3.21. The first kappa shape index (κ1) is 23.4. The number of rotatable bonds is 10. The number of fused-ring (bicyclic) bond motifs is 1. The highest BCUT2D eigenvalue weighted by molar-refractivity contribution is 8.00. The van der Waals surface area contributed by atoms with E-state index in [1.165, 1.54) is 10.5 Å². The van der Waals surface area contributed by atoms with E-state index in [-0.39, 0.29) is 11.2 Å². The molecule has 0 radical (unpaired) electrons. The fraction of sp³-hybridized carbons (Fsp3) is 0.296. The highest BCUT2D eigenvalue weighted by Gasteiger charge is 2.23. The second kappa shape index (κ2) is 11.4. The average Bonchev–Trinajstić information content (AvgIpc) is 2.76. The van der Waals surface area contributed by atoms with Gasteiger partial charge in [-0.05, 0) is 65.4 Å². The van der Waals surface area contributed by atoms with Gasteiger partial charge >= 0.3 is 0 Å². The van der Waals surface area contributed by atoms with Crippen LogP contribution >= 0.6 is 23.4 Å². The maximum Gasteiger partial charge on any atom is 0.133 e. The number of Topliss-reactive ketones (excluding diaryl/α,β-unsaturated/α-hetero) is 1. The molecule has 31 heavy (non-hydrogen) atoms. The zero-order valence-electron chi connectivity index (χ0n) is 18.3. The Balaban J connectivity index is 1.61. The first-order chi connectivity index (χ1) is 15.0. The van der Waals surface area contributed by atoms with E-state index in [2.05, 4.69) is 44.2 Å². The zero-order chi connectivity index (χ0) is 22.2. The van der Waals surface area contributed by atoms with Crippen LogP contribution in [0, 0.1) is 5.92 Å². The minimum absolute atomic E-state index is 0.191. The van der Waals surface area contributed by atoms with Crippen molar-refractivity contribution >= 4 is 39.9 Å². The molecule has 0 aliphatic rings. The number of benzene rings is 3. The third-order valence-corrected chi connectivity index (χ3v) is 7.25. The predicted molar refractivity (Wildman–Crippen MR) is 133 cm³/mol. The topological polar surface area (TPSA) is 26.3 Å². The number of thioether (sulfide) groups is 1. The molecular formula is C27H29ClO2S. The van der Waals surface area contributed by atoms with Gasteiger partial charge in [-0.25, -0.2) is 0 Å². The molecule has 0 N–H and O–H groups in total. The van der Waals surface area contributed by atoms with Gasteiger partial charge in [-0.2, -0.15) is 0 Å². The summed E-state index contributed by atoms with van der Waals surface area (Å²) in [5.74, 6) is 0.510. The van der Waals surface area contributed by atoms with Crippen molar-refractivity contribution in [3.63, 3.8) is 0 Å². The van der Waals surface area contributed by atoms with Crippen molar-refractivity contribution in [2.24, 2.45) is 5.92 Å². The molecule has 0 aliphatic carbocycles. The van der Waals surface area contributed by atoms with Crippen molar-refractivity contribution in [2.45, 2.75) is 43.3 Å². The number of methoxy groups -OCH3 is 1. The van der Waals surface area contributed by atoms with Gasteiger partial charge in [0.2, 0.25) is 0 Å². The minimum Gasteiger partial charge on any atom is -0.504 e. The Morgan fingerprint density at radius 2 is 1.77 bits per heavy atom. The van der Waals surface area contributed by atoms with Gasteiger partial charge in [-0.1, -0.05) is 61.0 Å². The molecule has 0 bridgehead atoms. The maximum absolute atomic E-state index is 12.8. The van der Waals surface area contributed by atoms with Crippen molar-refractivity contribution in [1.29, 1.82) is 0 Å². The van der Waals surface area contributed by atoms with Gasteiger partial charge in [-0.3, -0.25) is 4.79 Å². The number of ether oxygens (including phenoxy) is 1. The fourth-order valence-electron chi connectivity index (χ4n) is 3.83. The summed E-state index contributed by atoms with van der Waals surface area (Å²) in [6.45, 7) is 4.23. The van der Waals surface area contributed by atoms with Crippen molar-refractivity contribution in [3.05, 3.63) is 89.2 Å². The standard InChI is InChI=1S/C27H29ClO2S/c1-19(27(20(2)18-30-3)31-26-7-5-4-6-8-26)15-25(29)14-10-21-9-11-23-17-24(28)13-12-22(23)16-21/h4-9,11-13,16-19,27H,10,14-15H2,1-3H3. The van der Waals surface area contributed by atoms with Crippen LogP contribution in [-0.2, 0) is 16.0 Å². The molecule has 3 aromatic carbocycles. The van der Waals surface area contributed by atoms with Crippen LogP contribution in [0.4, 0.5) is 0 Å². The summed E-state index contributed by atoms with van der Waals surface area (Å²) in [5.41, 5.74) is 2.33. The molecule has 0 heterocycles. The van der Waals surface area contributed by atoms with Gasteiger partial charge in [0.1, 0.15) is 5.78 Å². The lowest BCUT2D eigenvalue weighted by Crippen LogP contribution is -2.20. The van der Waals surface area contributed by atoms with Crippen LogP contribution in [0.5, 0.6) is 0 Å².